The summed E-state index contributed by atoms with van der Waals surface area (Å²) in [6.45, 7) is 3.51. The van der Waals surface area contributed by atoms with Crippen LogP contribution in [0.2, 0.25) is 0 Å². The molecule has 0 radical (unpaired) electrons. The first-order valence-electron chi connectivity index (χ1n) is 24.9. The normalized spacial score (nSPS) is 10.9. The van der Waals surface area contributed by atoms with E-state index in [1.54, 1.807) is 103 Å². The molecule has 0 amide bonds. The largest absolute Gasteiger partial charge is 0.494 e. The lowest BCUT2D eigenvalue weighted by Crippen LogP contribution is -2.10. The average Bonchev–Trinajstić information content (AvgIpc) is 3.35. The zero-order valence-corrected chi connectivity index (χ0v) is 39.9. The lowest BCUT2D eigenvalue weighted by atomic mass is 10.1. The Balaban J connectivity index is 0.964. The molecular formula is C58H70O10. The molecule has 0 bridgehead atoms. The quantitative estimate of drug-likeness (QED) is 0.0246. The molecule has 5 aromatic carbocycles. The van der Waals surface area contributed by atoms with Crippen molar-refractivity contribution < 1.29 is 48.0 Å². The molecule has 1 N–H and O–H groups in total. The van der Waals surface area contributed by atoms with Crippen LogP contribution in [0.3, 0.4) is 0 Å². The van der Waals surface area contributed by atoms with Crippen molar-refractivity contribution >= 4 is 23.9 Å². The minimum atomic E-state index is -0.722. The molecule has 0 aliphatic carbocycles. The van der Waals surface area contributed by atoms with Crippen molar-refractivity contribution in [1.29, 1.82) is 0 Å². The SMILES string of the molecule is CCCCCCCCCCCCCCOc1ccc(C(=O)Oc2ccc(C(=O)Oc3cccc(-c4ccc(OC(=O)c5ccc(OCCCCCCCCCCC(=O)O)cc5)cc4)c3)cc2)cc1. The van der Waals surface area contributed by atoms with E-state index in [0.717, 1.165) is 81.1 Å². The van der Waals surface area contributed by atoms with Crippen molar-refractivity contribution in [1.82, 2.24) is 0 Å². The van der Waals surface area contributed by atoms with E-state index in [-0.39, 0.29) is 6.42 Å². The standard InChI is InChI=1S/C58H70O10/c1-2-3-4-5-6-7-8-9-11-14-17-20-42-64-51-36-30-47(31-37-51)57(62)67-53-40-32-48(33-41-53)58(63)68-54-24-22-23-49(44-54)45-26-38-52(39-27-45)66-56(61)46-28-34-50(35-29-46)65-43-21-18-15-12-10-13-16-19-25-55(59)60/h22-24,26-41,44H,2-21,25,42-43H2,1H3,(H,59,60). The van der Waals surface area contributed by atoms with Gasteiger partial charge in [-0.15, -0.1) is 0 Å². The van der Waals surface area contributed by atoms with Gasteiger partial charge >= 0.3 is 23.9 Å². The number of esters is 3. The van der Waals surface area contributed by atoms with Gasteiger partial charge in [0.15, 0.2) is 0 Å². The predicted molar refractivity (Wildman–Crippen MR) is 267 cm³/mol. The maximum Gasteiger partial charge on any atom is 0.343 e. The Kier molecular flexibility index (Phi) is 23.8. The number of carboxylic acid groups (broad SMARTS) is 1. The molecule has 0 spiro atoms. The van der Waals surface area contributed by atoms with Crippen LogP contribution in [0.4, 0.5) is 0 Å². The second kappa shape index (κ2) is 30.8. The van der Waals surface area contributed by atoms with Crippen molar-refractivity contribution in [3.8, 4) is 39.9 Å². The van der Waals surface area contributed by atoms with E-state index in [1.165, 1.54) is 64.2 Å². The molecule has 0 unspecified atom stereocenters. The van der Waals surface area contributed by atoms with E-state index in [4.69, 9.17) is 28.8 Å². The molecule has 0 aliphatic heterocycles. The third-order valence-electron chi connectivity index (χ3n) is 11.7. The van der Waals surface area contributed by atoms with E-state index in [0.29, 0.717) is 52.9 Å². The first-order valence-corrected chi connectivity index (χ1v) is 24.9. The van der Waals surface area contributed by atoms with Crippen LogP contribution in [0, 0.1) is 0 Å². The average molecular weight is 927 g/mol. The van der Waals surface area contributed by atoms with Gasteiger partial charge in [-0.25, -0.2) is 14.4 Å². The lowest BCUT2D eigenvalue weighted by Gasteiger charge is -2.10. The minimum absolute atomic E-state index is 0.256. The summed E-state index contributed by atoms with van der Waals surface area (Å²) in [5, 5.41) is 8.71. The Bertz CT molecular complexity index is 2230. The summed E-state index contributed by atoms with van der Waals surface area (Å²) in [7, 11) is 0. The Morgan fingerprint density at radius 2 is 0.721 bits per heavy atom. The van der Waals surface area contributed by atoms with Crippen molar-refractivity contribution in [3.05, 3.63) is 138 Å². The van der Waals surface area contributed by atoms with Crippen LogP contribution in [0.15, 0.2) is 121 Å². The number of benzene rings is 5. The van der Waals surface area contributed by atoms with Crippen LogP contribution in [-0.4, -0.2) is 42.2 Å². The van der Waals surface area contributed by atoms with E-state index < -0.39 is 23.9 Å². The van der Waals surface area contributed by atoms with Gasteiger partial charge in [0.05, 0.1) is 29.9 Å². The summed E-state index contributed by atoms with van der Waals surface area (Å²) >= 11 is 0. The highest BCUT2D eigenvalue weighted by molar-refractivity contribution is 5.93. The predicted octanol–water partition coefficient (Wildman–Crippen LogP) is 15.1. The Labute approximate surface area is 403 Å². The molecule has 0 atom stereocenters. The molecule has 0 heterocycles. The molecule has 0 fully saturated rings. The Morgan fingerprint density at radius 3 is 1.13 bits per heavy atom. The number of rotatable bonds is 33. The van der Waals surface area contributed by atoms with E-state index >= 15 is 0 Å². The second-order valence-electron chi connectivity index (χ2n) is 17.4. The van der Waals surface area contributed by atoms with Gasteiger partial charge in [-0.2, -0.15) is 0 Å². The fourth-order valence-electron chi connectivity index (χ4n) is 7.75. The van der Waals surface area contributed by atoms with Gasteiger partial charge in [0.2, 0.25) is 0 Å². The Morgan fingerprint density at radius 1 is 0.368 bits per heavy atom. The summed E-state index contributed by atoms with van der Waals surface area (Å²) < 4.78 is 28.6. The third-order valence-corrected chi connectivity index (χ3v) is 11.7. The third kappa shape index (κ3) is 20.2. The summed E-state index contributed by atoms with van der Waals surface area (Å²) in [5.41, 5.74) is 2.72. The fraction of sp³-hybridized carbons (Fsp3) is 0.414. The van der Waals surface area contributed by atoms with Crippen molar-refractivity contribution in [3.63, 3.8) is 0 Å². The lowest BCUT2D eigenvalue weighted by molar-refractivity contribution is -0.137. The van der Waals surface area contributed by atoms with Crippen molar-refractivity contribution in [2.45, 2.75) is 142 Å². The summed E-state index contributed by atoms with van der Waals surface area (Å²) in [6.07, 6.45) is 24.0. The van der Waals surface area contributed by atoms with Gasteiger partial charge in [0, 0.05) is 6.42 Å². The van der Waals surface area contributed by atoms with Crippen LogP contribution in [0.5, 0.6) is 28.7 Å². The highest BCUT2D eigenvalue weighted by Gasteiger charge is 2.14. The number of hydrogen-bond acceptors (Lipinski definition) is 9. The molecule has 362 valence electrons. The van der Waals surface area contributed by atoms with Gasteiger partial charge in [0.25, 0.3) is 0 Å². The van der Waals surface area contributed by atoms with Crippen LogP contribution < -0.4 is 23.7 Å². The zero-order chi connectivity index (χ0) is 48.0. The zero-order valence-electron chi connectivity index (χ0n) is 39.9. The van der Waals surface area contributed by atoms with Gasteiger partial charge in [-0.3, -0.25) is 4.79 Å². The van der Waals surface area contributed by atoms with Gasteiger partial charge in [-0.05, 0) is 127 Å². The van der Waals surface area contributed by atoms with Crippen molar-refractivity contribution in [2.24, 2.45) is 0 Å². The first-order chi connectivity index (χ1) is 33.3. The maximum absolute atomic E-state index is 13.1. The van der Waals surface area contributed by atoms with Gasteiger partial charge in [-0.1, -0.05) is 140 Å². The molecular weight excluding hydrogens is 857 g/mol. The fourth-order valence-corrected chi connectivity index (χ4v) is 7.75. The number of unbranched alkanes of at least 4 members (excludes halogenated alkanes) is 18. The topological polar surface area (TPSA) is 135 Å². The molecule has 10 heteroatoms. The smallest absolute Gasteiger partial charge is 0.343 e. The maximum atomic E-state index is 13.1. The molecule has 0 saturated carbocycles. The monoisotopic (exact) mass is 926 g/mol. The van der Waals surface area contributed by atoms with Crippen LogP contribution >= 0.6 is 0 Å². The second-order valence-corrected chi connectivity index (χ2v) is 17.4. The van der Waals surface area contributed by atoms with E-state index in [9.17, 15) is 19.2 Å². The number of carbonyl (C=O) groups excluding carboxylic acids is 3. The van der Waals surface area contributed by atoms with Crippen molar-refractivity contribution in [2.75, 3.05) is 13.2 Å². The highest BCUT2D eigenvalue weighted by atomic mass is 16.5. The summed E-state index contributed by atoms with van der Waals surface area (Å²) in [4.78, 5) is 49.4. The molecule has 5 aromatic rings. The summed E-state index contributed by atoms with van der Waals surface area (Å²) in [6, 6.07) is 34.2. The highest BCUT2D eigenvalue weighted by Crippen LogP contribution is 2.28. The molecule has 68 heavy (non-hydrogen) atoms. The number of aliphatic carboxylic acids is 1. The van der Waals surface area contributed by atoms with Gasteiger partial charge in [0.1, 0.15) is 28.7 Å². The molecule has 10 nitrogen and oxygen atoms in total. The van der Waals surface area contributed by atoms with Crippen LogP contribution in [0.1, 0.15) is 173 Å². The number of hydrogen-bond donors (Lipinski definition) is 1. The Hall–Kier alpha value is -6.42. The van der Waals surface area contributed by atoms with E-state index in [1.807, 2.05) is 18.2 Å². The number of ether oxygens (including phenoxy) is 5. The van der Waals surface area contributed by atoms with Crippen LogP contribution in [-0.2, 0) is 4.79 Å². The molecule has 5 rings (SSSR count). The number of carboxylic acids is 1. The molecule has 0 aliphatic rings. The van der Waals surface area contributed by atoms with Crippen LogP contribution in [0.25, 0.3) is 11.1 Å². The first kappa shape index (κ1) is 52.5. The molecule has 0 saturated heterocycles. The summed E-state index contributed by atoms with van der Waals surface area (Å²) in [5.74, 6) is 0.167. The minimum Gasteiger partial charge on any atom is -0.494 e. The van der Waals surface area contributed by atoms with Gasteiger partial charge < -0.3 is 28.8 Å². The van der Waals surface area contributed by atoms with E-state index in [2.05, 4.69) is 6.92 Å². The molecule has 0 aromatic heterocycles. The number of carbonyl (C=O) groups is 4.